The molecule has 1 aromatic heterocycles. The van der Waals surface area contributed by atoms with Crippen molar-refractivity contribution in [2.45, 2.75) is 80.6 Å². The van der Waals surface area contributed by atoms with Crippen LogP contribution in [-0.4, -0.2) is 6.61 Å². The molecule has 0 N–H and O–H groups in total. The number of rotatable bonds is 4. The average Bonchev–Trinajstić information content (AvgIpc) is 2.77. The van der Waals surface area contributed by atoms with Crippen molar-refractivity contribution in [3.8, 4) is 5.75 Å². The third-order valence-electron chi connectivity index (χ3n) is 6.27. The molecule has 2 heterocycles. The smallest absolute Gasteiger partial charge is 0.339 e. The lowest BCUT2D eigenvalue weighted by atomic mass is 9.91. The van der Waals surface area contributed by atoms with Gasteiger partial charge >= 0.3 is 5.63 Å². The van der Waals surface area contributed by atoms with Gasteiger partial charge in [0, 0.05) is 16.5 Å². The summed E-state index contributed by atoms with van der Waals surface area (Å²) in [7, 11) is 0. The molecule has 4 rings (SSSR count). The highest BCUT2D eigenvalue weighted by Crippen LogP contribution is 2.34. The van der Waals surface area contributed by atoms with Gasteiger partial charge in [-0.25, -0.2) is 4.79 Å². The van der Waals surface area contributed by atoms with E-state index in [0.717, 1.165) is 23.3 Å². The number of benzene rings is 2. The van der Waals surface area contributed by atoms with Gasteiger partial charge in [0.25, 0.3) is 0 Å². The SMILES string of the molecule is C.CC(C)C1=Cc2c(cccc2C(C)C)OC1.CC(C)c1cc2c(C(C)C)cccc2oc1=O. The lowest BCUT2D eigenvalue weighted by molar-refractivity contribution is 0.334. The maximum atomic E-state index is 11.8. The Balaban J connectivity index is 0.000000234. The van der Waals surface area contributed by atoms with Crippen molar-refractivity contribution in [3.63, 3.8) is 0 Å². The number of ether oxygens (including phenoxy) is 1. The second-order valence-corrected chi connectivity index (χ2v) is 10.1. The number of hydrogen-bond acceptors (Lipinski definition) is 3. The Morgan fingerprint density at radius 3 is 1.91 bits per heavy atom. The number of hydrogen-bond donors (Lipinski definition) is 0. The highest BCUT2D eigenvalue weighted by molar-refractivity contribution is 5.81. The lowest BCUT2D eigenvalue weighted by Gasteiger charge is -2.23. The first kappa shape index (κ1) is 27.4. The van der Waals surface area contributed by atoms with E-state index in [9.17, 15) is 4.79 Å². The summed E-state index contributed by atoms with van der Waals surface area (Å²) < 4.78 is 11.2. The van der Waals surface area contributed by atoms with Crippen molar-refractivity contribution in [3.05, 3.63) is 80.7 Å². The summed E-state index contributed by atoms with van der Waals surface area (Å²) in [5, 5.41) is 1.06. The zero-order chi connectivity index (χ0) is 24.3. The summed E-state index contributed by atoms with van der Waals surface area (Å²) in [6.07, 6.45) is 2.32. The van der Waals surface area contributed by atoms with Gasteiger partial charge in [0.15, 0.2) is 0 Å². The molecule has 0 bridgehead atoms. The maximum Gasteiger partial charge on any atom is 0.339 e. The molecular weight excluding hydrogens is 420 g/mol. The molecule has 0 spiro atoms. The van der Waals surface area contributed by atoms with Crippen LogP contribution in [0.25, 0.3) is 17.0 Å². The van der Waals surface area contributed by atoms with Crippen molar-refractivity contribution in [2.24, 2.45) is 5.92 Å². The van der Waals surface area contributed by atoms with Crippen LogP contribution in [-0.2, 0) is 0 Å². The fourth-order valence-electron chi connectivity index (χ4n) is 4.15. The summed E-state index contributed by atoms with van der Waals surface area (Å²) in [4.78, 5) is 11.8. The molecule has 3 heteroatoms. The molecule has 0 atom stereocenters. The van der Waals surface area contributed by atoms with Crippen LogP contribution in [0.15, 0.2) is 57.2 Å². The molecule has 34 heavy (non-hydrogen) atoms. The van der Waals surface area contributed by atoms with Crippen LogP contribution < -0.4 is 10.4 Å². The van der Waals surface area contributed by atoms with Crippen molar-refractivity contribution in [1.29, 1.82) is 0 Å². The van der Waals surface area contributed by atoms with Crippen molar-refractivity contribution >= 4 is 17.0 Å². The third-order valence-corrected chi connectivity index (χ3v) is 6.27. The Bertz CT molecular complexity index is 1190. The van der Waals surface area contributed by atoms with Crippen LogP contribution in [0, 0.1) is 5.92 Å². The van der Waals surface area contributed by atoms with Gasteiger partial charge in [-0.3, -0.25) is 0 Å². The summed E-state index contributed by atoms with van der Waals surface area (Å²) in [6.45, 7) is 18.0. The van der Waals surface area contributed by atoms with E-state index in [1.807, 2.05) is 32.0 Å². The molecule has 1 aliphatic heterocycles. The Morgan fingerprint density at radius 1 is 0.735 bits per heavy atom. The topological polar surface area (TPSA) is 39.4 Å². The summed E-state index contributed by atoms with van der Waals surface area (Å²) in [5.41, 5.74) is 6.51. The molecule has 2 aromatic carbocycles. The standard InChI is InChI=1S/C15H18O2.C15H20O.CH4/c1-9(2)11-6-5-7-14-13(11)8-12(10(3)4)15(16)17-14;1-10(2)12-8-14-13(11(3)4)6-5-7-15(14)16-9-12;/h5-10H,1-4H3;5-8,10-11H,9H2,1-4H3;1H4. The average molecular weight is 463 g/mol. The van der Waals surface area contributed by atoms with Gasteiger partial charge in [-0.1, -0.05) is 87.1 Å². The zero-order valence-electron chi connectivity index (χ0n) is 21.4. The van der Waals surface area contributed by atoms with Gasteiger partial charge < -0.3 is 9.15 Å². The van der Waals surface area contributed by atoms with Crippen LogP contribution in [0.2, 0.25) is 0 Å². The minimum absolute atomic E-state index is 0. The lowest BCUT2D eigenvalue weighted by Crippen LogP contribution is -2.12. The van der Waals surface area contributed by atoms with Crippen molar-refractivity contribution in [2.75, 3.05) is 6.61 Å². The molecule has 0 aliphatic carbocycles. The van der Waals surface area contributed by atoms with E-state index in [-0.39, 0.29) is 19.0 Å². The largest absolute Gasteiger partial charge is 0.489 e. The molecule has 0 saturated heterocycles. The Morgan fingerprint density at radius 2 is 1.32 bits per heavy atom. The Hall–Kier alpha value is -2.81. The Labute approximate surface area is 205 Å². The van der Waals surface area contributed by atoms with Crippen LogP contribution in [0.5, 0.6) is 5.75 Å². The molecule has 1 aliphatic rings. The highest BCUT2D eigenvalue weighted by atomic mass is 16.5. The van der Waals surface area contributed by atoms with Crippen LogP contribution in [0.1, 0.15) is 103 Å². The first-order valence-electron chi connectivity index (χ1n) is 12.1. The maximum absolute atomic E-state index is 11.8. The van der Waals surface area contributed by atoms with Crippen LogP contribution in [0.3, 0.4) is 0 Å². The van der Waals surface area contributed by atoms with E-state index in [2.05, 4.69) is 71.9 Å². The van der Waals surface area contributed by atoms with Crippen LogP contribution in [0.4, 0.5) is 0 Å². The fourth-order valence-corrected chi connectivity index (χ4v) is 4.15. The first-order chi connectivity index (χ1) is 15.6. The first-order valence-corrected chi connectivity index (χ1v) is 12.1. The van der Waals surface area contributed by atoms with Gasteiger partial charge in [-0.2, -0.15) is 0 Å². The second-order valence-electron chi connectivity index (χ2n) is 10.1. The normalized spacial score (nSPS) is 12.8. The van der Waals surface area contributed by atoms with Gasteiger partial charge in [-0.15, -0.1) is 0 Å². The molecule has 0 saturated carbocycles. The minimum atomic E-state index is -0.214. The van der Waals surface area contributed by atoms with Gasteiger partial charge in [0.1, 0.15) is 17.9 Å². The molecule has 3 nitrogen and oxygen atoms in total. The van der Waals surface area contributed by atoms with E-state index in [1.54, 1.807) is 0 Å². The van der Waals surface area contributed by atoms with Gasteiger partial charge in [0.05, 0.1) is 0 Å². The molecule has 184 valence electrons. The summed E-state index contributed by atoms with van der Waals surface area (Å²) in [6, 6.07) is 14.2. The number of fused-ring (bicyclic) bond motifs is 2. The predicted octanol–water partition coefficient (Wildman–Crippen LogP) is 8.92. The van der Waals surface area contributed by atoms with E-state index in [0.29, 0.717) is 23.3 Å². The molecule has 0 radical (unpaired) electrons. The summed E-state index contributed by atoms with van der Waals surface area (Å²) >= 11 is 0. The predicted molar refractivity (Wildman–Crippen MR) is 146 cm³/mol. The van der Waals surface area contributed by atoms with Gasteiger partial charge in [0.2, 0.25) is 0 Å². The molecule has 0 amide bonds. The quantitative estimate of drug-likeness (QED) is 0.363. The van der Waals surface area contributed by atoms with Crippen LogP contribution >= 0.6 is 0 Å². The monoisotopic (exact) mass is 462 g/mol. The molecule has 3 aromatic rings. The fraction of sp³-hybridized carbons (Fsp3) is 0.452. The van der Waals surface area contributed by atoms with E-state index < -0.39 is 0 Å². The molecular formula is C31H42O3. The minimum Gasteiger partial charge on any atom is -0.489 e. The molecule has 0 unspecified atom stereocenters. The zero-order valence-corrected chi connectivity index (χ0v) is 21.4. The van der Waals surface area contributed by atoms with Crippen molar-refractivity contribution in [1.82, 2.24) is 0 Å². The van der Waals surface area contributed by atoms with E-state index in [4.69, 9.17) is 9.15 Å². The van der Waals surface area contributed by atoms with Crippen molar-refractivity contribution < 1.29 is 9.15 Å². The van der Waals surface area contributed by atoms with E-state index in [1.165, 1.54) is 22.3 Å². The third kappa shape index (κ3) is 6.00. The molecule has 0 fully saturated rings. The Kier molecular flexibility index (Phi) is 9.32. The highest BCUT2D eigenvalue weighted by Gasteiger charge is 2.17. The summed E-state index contributed by atoms with van der Waals surface area (Å²) in [5.74, 6) is 2.76. The van der Waals surface area contributed by atoms with E-state index >= 15 is 0 Å². The van der Waals surface area contributed by atoms with Gasteiger partial charge in [-0.05, 0) is 64.6 Å². The second kappa shape index (κ2) is 11.6.